The van der Waals surface area contributed by atoms with Gasteiger partial charge in [-0.1, -0.05) is 48.5 Å². The zero-order valence-corrected chi connectivity index (χ0v) is 21.0. The van der Waals surface area contributed by atoms with Crippen LogP contribution in [0.15, 0.2) is 65.6 Å². The molecule has 3 rings (SSSR count). The Balaban J connectivity index is 1.92. The molecule has 0 heterocycles. The maximum absolute atomic E-state index is 13.0. The van der Waals surface area contributed by atoms with Gasteiger partial charge in [-0.3, -0.25) is 14.7 Å². The van der Waals surface area contributed by atoms with Crippen LogP contribution in [0.3, 0.4) is 0 Å². The molecule has 0 saturated heterocycles. The molecule has 35 heavy (non-hydrogen) atoms. The minimum Gasteiger partial charge on any atom is -0.455 e. The van der Waals surface area contributed by atoms with Crippen LogP contribution in [0.1, 0.15) is 25.0 Å². The van der Waals surface area contributed by atoms with Crippen molar-refractivity contribution < 1.29 is 31.9 Å². The SMILES string of the molecule is CCc1cc([N+](=O)[O-])c([PH](=O)OC(C)Sc2ccccc2)cc1Oc1ccc(C(F)(F)F)cc1Cl. The number of nitro benzene ring substituents is 1. The summed E-state index contributed by atoms with van der Waals surface area (Å²) in [4.78, 5) is 11.9. The topological polar surface area (TPSA) is 78.7 Å². The van der Waals surface area contributed by atoms with E-state index in [9.17, 15) is 27.9 Å². The number of ether oxygens (including phenoxy) is 1. The van der Waals surface area contributed by atoms with Gasteiger partial charge in [0, 0.05) is 22.6 Å². The summed E-state index contributed by atoms with van der Waals surface area (Å²) in [5.41, 5.74) is -1.53. The first-order valence-corrected chi connectivity index (χ1v) is 12.9. The summed E-state index contributed by atoms with van der Waals surface area (Å²) < 4.78 is 63.2. The fourth-order valence-corrected chi connectivity index (χ4v) is 5.53. The quantitative estimate of drug-likeness (QED) is 0.0894. The molecule has 0 spiro atoms. The highest BCUT2D eigenvalue weighted by atomic mass is 35.5. The van der Waals surface area contributed by atoms with E-state index in [1.165, 1.54) is 23.9 Å². The van der Waals surface area contributed by atoms with Crippen molar-refractivity contribution in [3.05, 3.63) is 86.9 Å². The van der Waals surface area contributed by atoms with Gasteiger partial charge in [0.2, 0.25) is 8.03 Å². The average Bonchev–Trinajstić information content (AvgIpc) is 2.79. The molecular formula is C23H20ClF3NO5PS. The molecule has 12 heteroatoms. The van der Waals surface area contributed by atoms with E-state index in [1.54, 1.807) is 13.8 Å². The van der Waals surface area contributed by atoms with E-state index >= 15 is 0 Å². The minimum atomic E-state index is -4.58. The summed E-state index contributed by atoms with van der Waals surface area (Å²) in [5, 5.41) is 11.2. The molecule has 3 aromatic rings. The van der Waals surface area contributed by atoms with E-state index in [1.807, 2.05) is 30.3 Å². The first kappa shape index (κ1) is 27.1. The molecule has 0 bridgehead atoms. The Morgan fingerprint density at radius 1 is 1.11 bits per heavy atom. The van der Waals surface area contributed by atoms with Crippen molar-refractivity contribution in [3.8, 4) is 11.5 Å². The fourth-order valence-electron chi connectivity index (χ4n) is 3.10. The molecule has 0 saturated carbocycles. The number of alkyl halides is 3. The van der Waals surface area contributed by atoms with Gasteiger partial charge in [-0.2, -0.15) is 13.2 Å². The van der Waals surface area contributed by atoms with Gasteiger partial charge in [-0.25, -0.2) is 0 Å². The fraction of sp³-hybridized carbons (Fsp3) is 0.217. The lowest BCUT2D eigenvalue weighted by Gasteiger charge is -2.16. The Bertz CT molecular complexity index is 1240. The average molecular weight is 546 g/mol. The summed E-state index contributed by atoms with van der Waals surface area (Å²) in [7, 11) is -3.11. The van der Waals surface area contributed by atoms with Crippen LogP contribution in [0, 0.1) is 10.1 Å². The maximum atomic E-state index is 13.0. The van der Waals surface area contributed by atoms with E-state index in [2.05, 4.69) is 0 Å². The van der Waals surface area contributed by atoms with Crippen LogP contribution in [0.4, 0.5) is 18.9 Å². The molecule has 2 unspecified atom stereocenters. The van der Waals surface area contributed by atoms with Crippen molar-refractivity contribution in [2.75, 3.05) is 0 Å². The second-order valence-electron chi connectivity index (χ2n) is 7.24. The number of rotatable bonds is 9. The molecule has 0 aliphatic heterocycles. The monoisotopic (exact) mass is 545 g/mol. The predicted molar refractivity (Wildman–Crippen MR) is 130 cm³/mol. The lowest BCUT2D eigenvalue weighted by atomic mass is 10.1. The molecule has 0 N–H and O–H groups in total. The van der Waals surface area contributed by atoms with E-state index in [-0.39, 0.29) is 21.8 Å². The third-order valence-electron chi connectivity index (χ3n) is 4.77. The zero-order valence-electron chi connectivity index (χ0n) is 18.5. The molecule has 0 aliphatic rings. The van der Waals surface area contributed by atoms with Crippen LogP contribution in [-0.4, -0.2) is 10.4 Å². The summed E-state index contributed by atoms with van der Waals surface area (Å²) >= 11 is 7.29. The van der Waals surface area contributed by atoms with Gasteiger partial charge in [0.25, 0.3) is 5.69 Å². The van der Waals surface area contributed by atoms with Crippen LogP contribution in [0.25, 0.3) is 0 Å². The van der Waals surface area contributed by atoms with Gasteiger partial charge in [-0.15, -0.1) is 0 Å². The van der Waals surface area contributed by atoms with E-state index in [0.29, 0.717) is 12.0 Å². The smallest absolute Gasteiger partial charge is 0.416 e. The number of hydrogen-bond acceptors (Lipinski definition) is 6. The largest absolute Gasteiger partial charge is 0.455 e. The van der Waals surface area contributed by atoms with E-state index < -0.39 is 35.8 Å². The zero-order chi connectivity index (χ0) is 25.8. The van der Waals surface area contributed by atoms with E-state index in [4.69, 9.17) is 20.9 Å². The van der Waals surface area contributed by atoms with Gasteiger partial charge >= 0.3 is 6.18 Å². The predicted octanol–water partition coefficient (Wildman–Crippen LogP) is 7.88. The van der Waals surface area contributed by atoms with Crippen LogP contribution in [-0.2, 0) is 21.7 Å². The van der Waals surface area contributed by atoms with Gasteiger partial charge in [0.15, 0.2) is 0 Å². The van der Waals surface area contributed by atoms with Crippen LogP contribution < -0.4 is 10.0 Å². The van der Waals surface area contributed by atoms with Crippen molar-refractivity contribution in [1.29, 1.82) is 0 Å². The lowest BCUT2D eigenvalue weighted by molar-refractivity contribution is -0.383. The van der Waals surface area contributed by atoms with Gasteiger partial charge in [0.05, 0.1) is 15.5 Å². The van der Waals surface area contributed by atoms with Crippen molar-refractivity contribution >= 4 is 42.4 Å². The van der Waals surface area contributed by atoms with Crippen molar-refractivity contribution in [1.82, 2.24) is 0 Å². The van der Waals surface area contributed by atoms with Crippen molar-refractivity contribution in [3.63, 3.8) is 0 Å². The summed E-state index contributed by atoms with van der Waals surface area (Å²) in [6.07, 6.45) is -4.28. The molecule has 0 amide bonds. The molecule has 0 radical (unpaired) electrons. The third kappa shape index (κ3) is 7.01. The number of halogens is 4. The lowest BCUT2D eigenvalue weighted by Crippen LogP contribution is -2.11. The first-order valence-electron chi connectivity index (χ1n) is 10.3. The molecular weight excluding hydrogens is 526 g/mol. The summed E-state index contributed by atoms with van der Waals surface area (Å²) in [5.74, 6) is 0.00262. The third-order valence-corrected chi connectivity index (χ3v) is 7.62. The van der Waals surface area contributed by atoms with Crippen molar-refractivity contribution in [2.45, 2.75) is 36.8 Å². The second kappa shape index (κ2) is 11.5. The highest BCUT2D eigenvalue weighted by Gasteiger charge is 2.31. The molecule has 0 aromatic heterocycles. The van der Waals surface area contributed by atoms with Crippen LogP contribution in [0.5, 0.6) is 11.5 Å². The molecule has 0 fully saturated rings. The van der Waals surface area contributed by atoms with Gasteiger partial charge in [-0.05, 0) is 43.7 Å². The van der Waals surface area contributed by atoms with Gasteiger partial charge < -0.3 is 9.26 Å². The highest BCUT2D eigenvalue weighted by molar-refractivity contribution is 7.99. The molecule has 186 valence electrons. The Hall–Kier alpha value is -2.52. The van der Waals surface area contributed by atoms with E-state index in [0.717, 1.165) is 23.1 Å². The number of hydrogen-bond donors (Lipinski definition) is 0. The summed E-state index contributed by atoms with van der Waals surface area (Å²) in [6.45, 7) is 3.39. The van der Waals surface area contributed by atoms with Crippen molar-refractivity contribution in [2.24, 2.45) is 0 Å². The minimum absolute atomic E-state index is 0.0808. The molecule has 3 aromatic carbocycles. The standard InChI is InChI=1S/C23H20ClF3NO5PS/c1-3-15-11-19(28(29)30)22(34(31)33-14(2)35-17-7-5-4-6-8-17)13-21(15)32-20-10-9-16(12-18(20)24)23(25,26)27/h4-14,34H,3H2,1-2H3. The van der Waals surface area contributed by atoms with Gasteiger partial charge in [0.1, 0.15) is 22.2 Å². The van der Waals surface area contributed by atoms with Crippen LogP contribution in [0.2, 0.25) is 5.02 Å². The number of aryl methyl sites for hydroxylation is 1. The highest BCUT2D eigenvalue weighted by Crippen LogP contribution is 2.40. The molecule has 0 aliphatic carbocycles. The number of nitrogens with zero attached hydrogens (tertiary/aromatic N) is 1. The maximum Gasteiger partial charge on any atom is 0.416 e. The Labute approximate surface area is 209 Å². The Morgan fingerprint density at radius 2 is 1.80 bits per heavy atom. The Morgan fingerprint density at radius 3 is 2.37 bits per heavy atom. The molecule has 2 atom stereocenters. The first-order chi connectivity index (χ1) is 16.5. The Kier molecular flexibility index (Phi) is 8.88. The van der Waals surface area contributed by atoms with Crippen LogP contribution >= 0.6 is 31.4 Å². The molecule has 6 nitrogen and oxygen atoms in total. The normalized spacial score (nSPS) is 13.3. The number of benzene rings is 3. The second-order valence-corrected chi connectivity index (χ2v) is 10.4. The number of thioether (sulfide) groups is 1. The number of nitro groups is 1. The summed E-state index contributed by atoms with van der Waals surface area (Å²) in [6, 6.07) is 14.3.